The zero-order chi connectivity index (χ0) is 29.5. The van der Waals surface area contributed by atoms with E-state index in [1.165, 1.54) is 19.1 Å². The third-order valence-corrected chi connectivity index (χ3v) is 6.49. The zero-order valence-corrected chi connectivity index (χ0v) is 23.0. The van der Waals surface area contributed by atoms with Gasteiger partial charge in [-0.3, -0.25) is 14.4 Å². The average molecular weight is 558 g/mol. The fraction of sp³-hybridized carbons (Fsp3) is 0.258. The molecule has 4 rings (SSSR count). The van der Waals surface area contributed by atoms with E-state index >= 15 is 0 Å². The summed E-state index contributed by atoms with van der Waals surface area (Å²) < 4.78 is 10.8. The number of esters is 1. The van der Waals surface area contributed by atoms with E-state index in [0.717, 1.165) is 16.1 Å². The fourth-order valence-corrected chi connectivity index (χ4v) is 4.40. The second kappa shape index (κ2) is 12.9. The third-order valence-electron chi connectivity index (χ3n) is 6.49. The number of nitrogens with zero attached hydrogens (tertiary/aromatic N) is 2. The Kier molecular flexibility index (Phi) is 9.13. The smallest absolute Gasteiger partial charge is 0.408 e. The van der Waals surface area contributed by atoms with Crippen molar-refractivity contribution in [2.45, 2.75) is 46.1 Å². The van der Waals surface area contributed by atoms with Crippen molar-refractivity contribution in [1.29, 1.82) is 0 Å². The molecule has 0 fully saturated rings. The normalized spacial score (nSPS) is 13.8. The molecule has 0 bridgehead atoms. The van der Waals surface area contributed by atoms with Crippen molar-refractivity contribution in [3.63, 3.8) is 0 Å². The summed E-state index contributed by atoms with van der Waals surface area (Å²) in [5.41, 5.74) is 1.66. The van der Waals surface area contributed by atoms with Gasteiger partial charge in [0.05, 0.1) is 11.1 Å². The lowest BCUT2D eigenvalue weighted by Gasteiger charge is -2.38. The van der Waals surface area contributed by atoms with Gasteiger partial charge in [0.1, 0.15) is 19.3 Å². The predicted molar refractivity (Wildman–Crippen MR) is 148 cm³/mol. The van der Waals surface area contributed by atoms with Gasteiger partial charge in [-0.2, -0.15) is 5.01 Å². The van der Waals surface area contributed by atoms with Crippen LogP contribution in [0.5, 0.6) is 0 Å². The molecule has 10 heteroatoms. The van der Waals surface area contributed by atoms with E-state index in [4.69, 9.17) is 9.47 Å². The van der Waals surface area contributed by atoms with Crippen molar-refractivity contribution in [2.24, 2.45) is 5.92 Å². The monoisotopic (exact) mass is 557 g/mol. The molecule has 1 N–H and O–H groups in total. The van der Waals surface area contributed by atoms with Crippen molar-refractivity contribution >= 4 is 29.8 Å². The maximum absolute atomic E-state index is 13.9. The number of rotatable bonds is 10. The highest BCUT2D eigenvalue weighted by Crippen LogP contribution is 2.28. The lowest BCUT2D eigenvalue weighted by Crippen LogP contribution is -2.62. The average Bonchev–Trinajstić information content (AvgIpc) is 3.23. The van der Waals surface area contributed by atoms with E-state index < -0.39 is 47.8 Å². The first-order chi connectivity index (χ1) is 19.7. The van der Waals surface area contributed by atoms with Crippen LogP contribution in [0.3, 0.4) is 0 Å². The Hall–Kier alpha value is -4.99. The van der Waals surface area contributed by atoms with E-state index in [0.29, 0.717) is 5.01 Å². The molecule has 0 saturated heterocycles. The molecule has 3 aromatic rings. The standard InChI is InChI=1S/C31H31N3O7/c1-20(2)26(30(38)40-18-22-12-6-4-7-13-22)33(34-28(36)24-16-10-11-17-25(24)29(34)37)27(35)21(3)32-31(39)41-19-23-14-8-5-9-15-23/h4-17,20-21,26H,18-19H2,1-3H3,(H,32,39). The van der Waals surface area contributed by atoms with Crippen LogP contribution in [0.4, 0.5) is 4.79 Å². The molecule has 1 aliphatic heterocycles. The maximum atomic E-state index is 13.9. The first-order valence-corrected chi connectivity index (χ1v) is 13.2. The van der Waals surface area contributed by atoms with Gasteiger partial charge in [0.15, 0.2) is 6.04 Å². The van der Waals surface area contributed by atoms with Crippen molar-refractivity contribution in [3.05, 3.63) is 107 Å². The Bertz CT molecular complexity index is 1390. The Labute approximate surface area is 237 Å². The van der Waals surface area contributed by atoms with Crippen LogP contribution in [0.2, 0.25) is 0 Å². The van der Waals surface area contributed by atoms with Gasteiger partial charge in [0, 0.05) is 0 Å². The highest BCUT2D eigenvalue weighted by molar-refractivity contribution is 6.22. The minimum Gasteiger partial charge on any atom is -0.459 e. The molecule has 0 aliphatic carbocycles. The SMILES string of the molecule is CC(NC(=O)OCc1ccccc1)C(=O)N(C(C(=O)OCc1ccccc1)C(C)C)N1C(=O)c2ccccc2C1=O. The van der Waals surface area contributed by atoms with Crippen LogP contribution in [0.25, 0.3) is 0 Å². The summed E-state index contributed by atoms with van der Waals surface area (Å²) in [5.74, 6) is -3.79. The van der Waals surface area contributed by atoms with Gasteiger partial charge in [0.2, 0.25) is 0 Å². The second-order valence-corrected chi connectivity index (χ2v) is 9.86. The number of hydrogen-bond acceptors (Lipinski definition) is 7. The molecular formula is C31H31N3O7. The number of imide groups is 1. The zero-order valence-electron chi connectivity index (χ0n) is 23.0. The van der Waals surface area contributed by atoms with Gasteiger partial charge in [-0.25, -0.2) is 14.6 Å². The number of nitrogens with one attached hydrogen (secondary N) is 1. The number of carbonyl (C=O) groups is 5. The first kappa shape index (κ1) is 29.0. The van der Waals surface area contributed by atoms with Crippen molar-refractivity contribution in [3.8, 4) is 0 Å². The molecule has 0 spiro atoms. The van der Waals surface area contributed by atoms with Crippen molar-refractivity contribution in [1.82, 2.24) is 15.3 Å². The molecule has 0 radical (unpaired) electrons. The van der Waals surface area contributed by atoms with Gasteiger partial charge in [-0.15, -0.1) is 0 Å². The van der Waals surface area contributed by atoms with E-state index in [1.54, 1.807) is 74.5 Å². The number of alkyl carbamates (subject to hydrolysis) is 1. The lowest BCUT2D eigenvalue weighted by molar-refractivity contribution is -0.168. The van der Waals surface area contributed by atoms with Crippen molar-refractivity contribution < 1.29 is 33.4 Å². The predicted octanol–water partition coefficient (Wildman–Crippen LogP) is 4.11. The Morgan fingerprint density at radius 1 is 0.732 bits per heavy atom. The largest absolute Gasteiger partial charge is 0.459 e. The minimum absolute atomic E-state index is 0.0316. The summed E-state index contributed by atoms with van der Waals surface area (Å²) in [5, 5.41) is 3.91. The quantitative estimate of drug-likeness (QED) is 0.294. The number of ether oxygens (including phenoxy) is 2. The molecule has 212 valence electrons. The number of carbonyl (C=O) groups excluding carboxylic acids is 5. The Morgan fingerprint density at radius 2 is 1.20 bits per heavy atom. The maximum Gasteiger partial charge on any atom is 0.408 e. The molecule has 2 unspecified atom stereocenters. The first-order valence-electron chi connectivity index (χ1n) is 13.2. The molecular weight excluding hydrogens is 526 g/mol. The number of fused-ring (bicyclic) bond motifs is 1. The van der Waals surface area contributed by atoms with E-state index in [1.807, 2.05) is 12.1 Å². The molecule has 0 aromatic heterocycles. The molecule has 2 atom stereocenters. The second-order valence-electron chi connectivity index (χ2n) is 9.86. The van der Waals surface area contributed by atoms with Gasteiger partial charge in [-0.05, 0) is 36.1 Å². The summed E-state index contributed by atoms with van der Waals surface area (Å²) in [7, 11) is 0. The third kappa shape index (κ3) is 6.60. The van der Waals surface area contributed by atoms with Gasteiger partial charge < -0.3 is 14.8 Å². The van der Waals surface area contributed by atoms with Crippen molar-refractivity contribution in [2.75, 3.05) is 0 Å². The van der Waals surface area contributed by atoms with Crippen LogP contribution < -0.4 is 5.32 Å². The van der Waals surface area contributed by atoms with Gasteiger partial charge >= 0.3 is 12.1 Å². The van der Waals surface area contributed by atoms with Crippen LogP contribution in [-0.2, 0) is 32.3 Å². The molecule has 1 aliphatic rings. The number of amides is 4. The summed E-state index contributed by atoms with van der Waals surface area (Å²) in [6, 6.07) is 21.4. The highest BCUT2D eigenvalue weighted by atomic mass is 16.5. The topological polar surface area (TPSA) is 122 Å². The highest BCUT2D eigenvalue weighted by Gasteiger charge is 2.48. The summed E-state index contributed by atoms with van der Waals surface area (Å²) >= 11 is 0. The fourth-order valence-electron chi connectivity index (χ4n) is 4.40. The van der Waals surface area contributed by atoms with E-state index in [9.17, 15) is 24.0 Å². The summed E-state index contributed by atoms with van der Waals surface area (Å²) in [6.45, 7) is 4.60. The number of benzene rings is 3. The molecule has 3 aromatic carbocycles. The summed E-state index contributed by atoms with van der Waals surface area (Å²) in [6.07, 6.45) is -0.884. The van der Waals surface area contributed by atoms with Crippen LogP contribution in [0.15, 0.2) is 84.9 Å². The molecule has 1 heterocycles. The van der Waals surface area contributed by atoms with E-state index in [-0.39, 0.29) is 24.3 Å². The van der Waals surface area contributed by atoms with E-state index in [2.05, 4.69) is 5.32 Å². The molecule has 41 heavy (non-hydrogen) atoms. The lowest BCUT2D eigenvalue weighted by atomic mass is 10.0. The van der Waals surface area contributed by atoms with Crippen LogP contribution >= 0.6 is 0 Å². The van der Waals surface area contributed by atoms with Gasteiger partial charge in [0.25, 0.3) is 17.7 Å². The van der Waals surface area contributed by atoms with Crippen LogP contribution in [0.1, 0.15) is 52.6 Å². The number of hydrazine groups is 1. The molecule has 0 saturated carbocycles. The van der Waals surface area contributed by atoms with Crippen LogP contribution in [-0.4, -0.2) is 51.9 Å². The molecule has 4 amide bonds. The Balaban J connectivity index is 1.59. The number of hydrogen-bond donors (Lipinski definition) is 1. The molecule has 10 nitrogen and oxygen atoms in total. The minimum atomic E-state index is -1.36. The Morgan fingerprint density at radius 3 is 1.68 bits per heavy atom. The summed E-state index contributed by atoms with van der Waals surface area (Å²) in [4.78, 5) is 66.8. The van der Waals surface area contributed by atoms with Crippen LogP contribution in [0, 0.1) is 5.92 Å². The van der Waals surface area contributed by atoms with Gasteiger partial charge in [-0.1, -0.05) is 86.6 Å².